The third-order valence-electron chi connectivity index (χ3n) is 2.42. The molecule has 0 spiro atoms. The minimum absolute atomic E-state index is 0.346. The van der Waals surface area contributed by atoms with Crippen LogP contribution in [0.3, 0.4) is 0 Å². The van der Waals surface area contributed by atoms with Crippen molar-refractivity contribution in [1.82, 2.24) is 0 Å². The monoisotopic (exact) mass is 192 g/mol. The minimum atomic E-state index is -0.346. The van der Waals surface area contributed by atoms with E-state index >= 15 is 0 Å². The van der Waals surface area contributed by atoms with Gasteiger partial charge in [0.05, 0.1) is 18.5 Å². The molecule has 0 radical (unpaired) electrons. The molecule has 0 bridgehead atoms. The van der Waals surface area contributed by atoms with Crippen molar-refractivity contribution < 1.29 is 9.53 Å². The van der Waals surface area contributed by atoms with Gasteiger partial charge in [-0.25, -0.2) is 4.79 Å². The third kappa shape index (κ3) is 1.19. The van der Waals surface area contributed by atoms with Crippen molar-refractivity contribution in [3.63, 3.8) is 0 Å². The molecule has 0 saturated heterocycles. The van der Waals surface area contributed by atoms with Gasteiger partial charge in [-0.05, 0) is 18.1 Å². The van der Waals surface area contributed by atoms with Crippen LogP contribution in [0.25, 0.3) is 0 Å². The number of para-hydroxylation sites is 1. The summed E-state index contributed by atoms with van der Waals surface area (Å²) in [5, 5.41) is 0. The predicted octanol–water partition coefficient (Wildman–Crippen LogP) is 1.40. The molecule has 14 heavy (non-hydrogen) atoms. The Balaban J connectivity index is 2.43. The molecule has 0 unspecified atom stereocenters. The lowest BCUT2D eigenvalue weighted by Crippen LogP contribution is -2.29. The summed E-state index contributed by atoms with van der Waals surface area (Å²) in [5.41, 5.74) is 8.35. The molecular formula is C10H12N2O2. The lowest BCUT2D eigenvalue weighted by Gasteiger charge is -2.16. The quantitative estimate of drug-likeness (QED) is 0.632. The number of rotatable bonds is 0. The molecule has 1 aliphatic heterocycles. The Labute approximate surface area is 82.3 Å². The Bertz CT molecular complexity index is 376. The average molecular weight is 192 g/mol. The first-order valence-corrected chi connectivity index (χ1v) is 4.47. The summed E-state index contributed by atoms with van der Waals surface area (Å²) >= 11 is 0. The molecule has 1 aromatic rings. The summed E-state index contributed by atoms with van der Waals surface area (Å²) in [7, 11) is 1.37. The fourth-order valence-corrected chi connectivity index (χ4v) is 1.78. The lowest BCUT2D eigenvalue weighted by atomic mass is 10.1. The Morgan fingerprint density at radius 1 is 1.57 bits per heavy atom. The van der Waals surface area contributed by atoms with Crippen LogP contribution in [0.15, 0.2) is 18.2 Å². The molecule has 1 amide bonds. The van der Waals surface area contributed by atoms with Gasteiger partial charge in [0.25, 0.3) is 0 Å². The fourth-order valence-electron chi connectivity index (χ4n) is 1.78. The van der Waals surface area contributed by atoms with Crippen molar-refractivity contribution in [3.8, 4) is 0 Å². The van der Waals surface area contributed by atoms with Gasteiger partial charge in [0.2, 0.25) is 0 Å². The van der Waals surface area contributed by atoms with Crippen molar-refractivity contribution in [2.75, 3.05) is 24.3 Å². The maximum atomic E-state index is 11.4. The minimum Gasteiger partial charge on any atom is -0.452 e. The number of methoxy groups -OCH3 is 1. The molecule has 2 N–H and O–H groups in total. The van der Waals surface area contributed by atoms with Crippen LogP contribution in [-0.2, 0) is 11.2 Å². The number of benzene rings is 1. The molecule has 1 aliphatic rings. The Hall–Kier alpha value is -1.71. The molecular weight excluding hydrogens is 180 g/mol. The maximum Gasteiger partial charge on any atom is 0.414 e. The number of hydrogen-bond donors (Lipinski definition) is 1. The number of fused-ring (bicyclic) bond motifs is 1. The molecule has 4 heteroatoms. The second-order valence-corrected chi connectivity index (χ2v) is 3.23. The average Bonchev–Trinajstić information content (AvgIpc) is 2.62. The number of nitrogens with zero attached hydrogens (tertiary/aromatic N) is 1. The standard InChI is InChI=1S/C10H12N2O2/c1-14-10(13)12-6-5-7-3-2-4-8(11)9(7)12/h2-4H,5-6,11H2,1H3. The Morgan fingerprint density at radius 2 is 2.36 bits per heavy atom. The van der Waals surface area contributed by atoms with E-state index in [4.69, 9.17) is 5.73 Å². The van der Waals surface area contributed by atoms with E-state index in [-0.39, 0.29) is 6.09 Å². The number of amides is 1. The van der Waals surface area contributed by atoms with E-state index in [1.807, 2.05) is 12.1 Å². The molecule has 0 saturated carbocycles. The number of ether oxygens (including phenoxy) is 1. The van der Waals surface area contributed by atoms with Gasteiger partial charge in [-0.3, -0.25) is 4.90 Å². The SMILES string of the molecule is COC(=O)N1CCc2cccc(N)c21. The van der Waals surface area contributed by atoms with E-state index in [2.05, 4.69) is 4.74 Å². The van der Waals surface area contributed by atoms with Crippen molar-refractivity contribution in [2.24, 2.45) is 0 Å². The first-order chi connectivity index (χ1) is 6.74. The van der Waals surface area contributed by atoms with E-state index in [9.17, 15) is 4.79 Å². The Kier molecular flexibility index (Phi) is 2.04. The van der Waals surface area contributed by atoms with Crippen molar-refractivity contribution >= 4 is 17.5 Å². The van der Waals surface area contributed by atoms with Gasteiger partial charge < -0.3 is 10.5 Å². The predicted molar refractivity (Wildman–Crippen MR) is 54.3 cm³/mol. The highest BCUT2D eigenvalue weighted by Gasteiger charge is 2.26. The van der Waals surface area contributed by atoms with Gasteiger partial charge in [0, 0.05) is 6.54 Å². The van der Waals surface area contributed by atoms with Crippen LogP contribution in [0.2, 0.25) is 0 Å². The molecule has 4 nitrogen and oxygen atoms in total. The van der Waals surface area contributed by atoms with Gasteiger partial charge in [0.15, 0.2) is 0 Å². The molecule has 0 atom stereocenters. The molecule has 0 aromatic heterocycles. The van der Waals surface area contributed by atoms with Crippen molar-refractivity contribution in [3.05, 3.63) is 23.8 Å². The van der Waals surface area contributed by atoms with E-state index < -0.39 is 0 Å². The summed E-state index contributed by atoms with van der Waals surface area (Å²) in [6.07, 6.45) is 0.497. The Morgan fingerprint density at radius 3 is 3.07 bits per heavy atom. The van der Waals surface area contributed by atoms with Gasteiger partial charge >= 0.3 is 6.09 Å². The summed E-state index contributed by atoms with van der Waals surface area (Å²) < 4.78 is 4.68. The van der Waals surface area contributed by atoms with Crippen LogP contribution >= 0.6 is 0 Å². The number of carbonyl (C=O) groups is 1. The smallest absolute Gasteiger partial charge is 0.414 e. The first kappa shape index (κ1) is 8.87. The van der Waals surface area contributed by atoms with Crippen molar-refractivity contribution in [1.29, 1.82) is 0 Å². The number of anilines is 2. The van der Waals surface area contributed by atoms with Crippen LogP contribution in [0.5, 0.6) is 0 Å². The van der Waals surface area contributed by atoms with Crippen LogP contribution in [0.1, 0.15) is 5.56 Å². The zero-order chi connectivity index (χ0) is 10.1. The van der Waals surface area contributed by atoms with E-state index in [0.717, 1.165) is 17.7 Å². The molecule has 74 valence electrons. The summed E-state index contributed by atoms with van der Waals surface area (Å²) in [6.45, 7) is 0.649. The second-order valence-electron chi connectivity index (χ2n) is 3.23. The van der Waals surface area contributed by atoms with Crippen LogP contribution < -0.4 is 10.6 Å². The topological polar surface area (TPSA) is 55.6 Å². The first-order valence-electron chi connectivity index (χ1n) is 4.47. The zero-order valence-electron chi connectivity index (χ0n) is 7.99. The fraction of sp³-hybridized carbons (Fsp3) is 0.300. The number of nitrogen functional groups attached to an aromatic ring is 1. The van der Waals surface area contributed by atoms with E-state index in [1.165, 1.54) is 7.11 Å². The lowest BCUT2D eigenvalue weighted by molar-refractivity contribution is 0.179. The maximum absolute atomic E-state index is 11.4. The zero-order valence-corrected chi connectivity index (χ0v) is 7.99. The van der Waals surface area contributed by atoms with Crippen LogP contribution in [0, 0.1) is 0 Å². The third-order valence-corrected chi connectivity index (χ3v) is 2.42. The summed E-state index contributed by atoms with van der Waals surface area (Å²) in [4.78, 5) is 13.0. The highest BCUT2D eigenvalue weighted by atomic mass is 16.5. The molecule has 0 aliphatic carbocycles. The summed E-state index contributed by atoms with van der Waals surface area (Å²) in [5.74, 6) is 0. The number of hydrogen-bond acceptors (Lipinski definition) is 3. The van der Waals surface area contributed by atoms with Gasteiger partial charge in [-0.15, -0.1) is 0 Å². The second kappa shape index (κ2) is 3.21. The van der Waals surface area contributed by atoms with Crippen molar-refractivity contribution in [2.45, 2.75) is 6.42 Å². The van der Waals surface area contributed by atoms with Gasteiger partial charge in [-0.1, -0.05) is 12.1 Å². The van der Waals surface area contributed by atoms with Gasteiger partial charge in [-0.2, -0.15) is 0 Å². The van der Waals surface area contributed by atoms with Crippen LogP contribution in [-0.4, -0.2) is 19.7 Å². The highest BCUT2D eigenvalue weighted by Crippen LogP contribution is 2.33. The van der Waals surface area contributed by atoms with Gasteiger partial charge in [0.1, 0.15) is 0 Å². The largest absolute Gasteiger partial charge is 0.452 e. The molecule has 1 aromatic carbocycles. The van der Waals surface area contributed by atoms with E-state index in [1.54, 1.807) is 11.0 Å². The number of nitrogens with two attached hydrogens (primary N) is 1. The molecule has 0 fully saturated rings. The molecule has 2 rings (SSSR count). The highest BCUT2D eigenvalue weighted by molar-refractivity contribution is 5.94. The number of carbonyl (C=O) groups excluding carboxylic acids is 1. The molecule has 1 heterocycles. The van der Waals surface area contributed by atoms with E-state index in [0.29, 0.717) is 12.2 Å². The normalized spacial score (nSPS) is 13.9. The summed E-state index contributed by atoms with van der Waals surface area (Å²) in [6, 6.07) is 5.67. The van der Waals surface area contributed by atoms with Crippen LogP contribution in [0.4, 0.5) is 16.2 Å².